The Bertz CT molecular complexity index is 2680. The molecule has 3 atom stereocenters. The predicted octanol–water partition coefficient (Wildman–Crippen LogP) is 8.44. The van der Waals surface area contributed by atoms with Crippen LogP contribution < -0.4 is 15.7 Å². The maximum Gasteiger partial charge on any atom is 0.395 e. The van der Waals surface area contributed by atoms with Gasteiger partial charge in [-0.15, -0.1) is 0 Å². The molecule has 2 unspecified atom stereocenters. The Hall–Kier alpha value is -5.39. The third-order valence-corrected chi connectivity index (χ3v) is 15.2. The molecule has 4 heterocycles. The first-order valence-electron chi connectivity index (χ1n) is 24.4. The first-order valence-corrected chi connectivity index (χ1v) is 24.4. The van der Waals surface area contributed by atoms with Crippen LogP contribution in [0.25, 0.3) is 16.6 Å². The minimum Gasteiger partial charge on any atom is -0.497 e. The lowest BCUT2D eigenvalue weighted by molar-refractivity contribution is -0.217. The smallest absolute Gasteiger partial charge is 0.395 e. The number of allylic oxidation sites excluding steroid dienone is 2. The van der Waals surface area contributed by atoms with E-state index in [9.17, 15) is 32.3 Å². The van der Waals surface area contributed by atoms with Crippen LogP contribution in [0, 0.1) is 23.0 Å². The Morgan fingerprint density at radius 3 is 2.23 bits per heavy atom. The van der Waals surface area contributed by atoms with Crippen molar-refractivity contribution < 1.29 is 45.8 Å². The van der Waals surface area contributed by atoms with Crippen LogP contribution in [0.5, 0.6) is 5.75 Å². The largest absolute Gasteiger partial charge is 0.497 e. The zero-order valence-corrected chi connectivity index (χ0v) is 41.0. The Balaban J connectivity index is 0.897. The van der Waals surface area contributed by atoms with Crippen molar-refractivity contribution in [1.29, 1.82) is 0 Å². The molecule has 70 heavy (non-hydrogen) atoms. The van der Waals surface area contributed by atoms with Gasteiger partial charge in [0.2, 0.25) is 17.7 Å². The summed E-state index contributed by atoms with van der Waals surface area (Å²) in [5.41, 5.74) is 0.507. The van der Waals surface area contributed by atoms with Crippen LogP contribution >= 0.6 is 0 Å². The lowest BCUT2D eigenvalue weighted by Crippen LogP contribution is -2.50. The van der Waals surface area contributed by atoms with Crippen LogP contribution in [-0.4, -0.2) is 106 Å². The number of piperazine rings is 1. The van der Waals surface area contributed by atoms with Gasteiger partial charge >= 0.3 is 11.9 Å². The molecule has 0 saturated carbocycles. The van der Waals surface area contributed by atoms with Crippen LogP contribution in [0.1, 0.15) is 107 Å². The van der Waals surface area contributed by atoms with Crippen LogP contribution in [0.15, 0.2) is 65.5 Å². The summed E-state index contributed by atoms with van der Waals surface area (Å²) in [4.78, 5) is 57.1. The number of nitrogens with one attached hydrogen (secondary N) is 1. The lowest BCUT2D eigenvalue weighted by Gasteiger charge is -2.46. The van der Waals surface area contributed by atoms with E-state index in [2.05, 4.69) is 10.2 Å². The van der Waals surface area contributed by atoms with Crippen molar-refractivity contribution >= 4 is 34.3 Å². The minimum absolute atomic E-state index is 0.00240. The van der Waals surface area contributed by atoms with Crippen molar-refractivity contribution in [1.82, 2.24) is 29.2 Å². The van der Waals surface area contributed by atoms with Crippen LogP contribution in [0.4, 0.5) is 22.0 Å². The van der Waals surface area contributed by atoms with Gasteiger partial charge in [-0.05, 0) is 138 Å². The van der Waals surface area contributed by atoms with Gasteiger partial charge in [-0.3, -0.25) is 38.6 Å². The van der Waals surface area contributed by atoms with Gasteiger partial charge in [0.1, 0.15) is 23.4 Å². The molecule has 3 amide bonds. The number of nitrogens with zero attached hydrogens (tertiary/aromatic N) is 5. The summed E-state index contributed by atoms with van der Waals surface area (Å²) in [5, 5.41) is 2.33. The molecular weight excluding hydrogens is 912 g/mol. The molecule has 378 valence electrons. The molecule has 0 spiro atoms. The van der Waals surface area contributed by atoms with Crippen molar-refractivity contribution in [3.8, 4) is 5.75 Å². The topological polar surface area (TPSA) is 118 Å². The number of hydrogen-bond acceptors (Lipinski definition) is 8. The Labute approximate surface area is 405 Å². The second kappa shape index (κ2) is 20.0. The number of fused-ring (bicyclic) bond motifs is 1. The number of aromatic nitrogens is 2. The van der Waals surface area contributed by atoms with E-state index in [1.54, 1.807) is 25.1 Å². The Morgan fingerprint density at radius 2 is 1.61 bits per heavy atom. The lowest BCUT2D eigenvalue weighted by atomic mass is 9.67. The predicted molar refractivity (Wildman–Crippen MR) is 256 cm³/mol. The van der Waals surface area contributed by atoms with E-state index in [1.165, 1.54) is 21.3 Å². The number of amides is 3. The molecule has 3 fully saturated rings. The molecule has 1 aliphatic carbocycles. The Kier molecular flexibility index (Phi) is 14.6. The highest BCUT2D eigenvalue weighted by Gasteiger charge is 2.49. The van der Waals surface area contributed by atoms with E-state index in [4.69, 9.17) is 9.47 Å². The Morgan fingerprint density at radius 1 is 0.914 bits per heavy atom. The van der Waals surface area contributed by atoms with Gasteiger partial charge in [0.05, 0.1) is 29.2 Å². The highest BCUT2D eigenvalue weighted by atomic mass is 19.4. The number of carbonyl (C=O) groups excluding carboxylic acids is 3. The number of hydrogen-bond donors (Lipinski definition) is 1. The summed E-state index contributed by atoms with van der Waals surface area (Å²) in [5.74, 6) is -2.06. The standard InChI is InChI=1S/C53H65F5N6O6/c1-50(2,53(56,57)58)33-62(21-19-52(20-26-70-51(3,4)32-52)38-12-14-39(69-6)15-13-38)31-35-27-40(54)46(41(55)28-35)36-8-10-37(11-9-36)48(67)63-24-22-61(23-25-63)30-34-7-16-42-44(29-34)60(5)49(68)64(42)43-17-18-45(65)59-47(43)66/h7-8,12-16,27-29,37,43H,9-11,17-26,30-33H2,1-6H3,(H,59,65,66)/t37?,43?,52-/m1/s1. The molecule has 4 aliphatic rings. The fourth-order valence-electron chi connectivity index (χ4n) is 11.2. The maximum absolute atomic E-state index is 16.1. The van der Waals surface area contributed by atoms with E-state index in [0.29, 0.717) is 100 Å². The van der Waals surface area contributed by atoms with E-state index in [0.717, 1.165) is 25.0 Å². The molecule has 1 aromatic heterocycles. The van der Waals surface area contributed by atoms with Crippen molar-refractivity contribution in [2.75, 3.05) is 53.0 Å². The average molecular weight is 977 g/mol. The number of ether oxygens (including phenoxy) is 2. The maximum atomic E-state index is 16.1. The van der Waals surface area contributed by atoms with Crippen molar-refractivity contribution in [2.45, 2.75) is 115 Å². The first-order chi connectivity index (χ1) is 33.1. The summed E-state index contributed by atoms with van der Waals surface area (Å²) < 4.78 is 89.8. The fourth-order valence-corrected chi connectivity index (χ4v) is 11.2. The molecule has 1 N–H and O–H groups in total. The quantitative estimate of drug-likeness (QED) is 0.0989. The number of imide groups is 1. The molecule has 0 bridgehead atoms. The zero-order chi connectivity index (χ0) is 50.3. The summed E-state index contributed by atoms with van der Waals surface area (Å²) in [6.45, 7) is 9.43. The number of halogens is 5. The highest BCUT2D eigenvalue weighted by molar-refractivity contribution is 6.00. The van der Waals surface area contributed by atoms with Gasteiger partial charge in [-0.1, -0.05) is 24.3 Å². The highest BCUT2D eigenvalue weighted by Crippen LogP contribution is 2.46. The zero-order valence-electron chi connectivity index (χ0n) is 41.0. The normalized spacial score (nSPS) is 22.6. The van der Waals surface area contributed by atoms with Crippen molar-refractivity contribution in [2.24, 2.45) is 18.4 Å². The van der Waals surface area contributed by atoms with Gasteiger partial charge in [-0.2, -0.15) is 13.2 Å². The number of benzene rings is 3. The molecule has 17 heteroatoms. The van der Waals surface area contributed by atoms with Gasteiger partial charge in [0, 0.05) is 82.8 Å². The number of piperidine rings is 1. The number of carbonyl (C=O) groups is 3. The van der Waals surface area contributed by atoms with Gasteiger partial charge in [0.15, 0.2) is 0 Å². The summed E-state index contributed by atoms with van der Waals surface area (Å²) in [6.07, 6.45) is 0.468. The molecule has 8 rings (SSSR count). The van der Waals surface area contributed by atoms with Gasteiger partial charge in [-0.25, -0.2) is 13.6 Å². The molecule has 12 nitrogen and oxygen atoms in total. The van der Waals surface area contributed by atoms with Gasteiger partial charge < -0.3 is 14.4 Å². The summed E-state index contributed by atoms with van der Waals surface area (Å²) in [7, 11) is 3.25. The average Bonchev–Trinajstić information content (AvgIpc) is 3.55. The number of aryl methyl sites for hydroxylation is 1. The number of rotatable bonds is 14. The van der Waals surface area contributed by atoms with E-state index >= 15 is 8.78 Å². The SMILES string of the molecule is COc1ccc([C@]2(CCN(Cc3cc(F)c(C4=CCC(C(=O)N5CCN(Cc6ccc7c(c6)n(C)c(=O)n7C6CCC(=O)NC6=O)CC5)CC4)c(F)c3)CC(C)(C)C(F)(F)F)CCOC(C)(C)C2)cc1. The summed E-state index contributed by atoms with van der Waals surface area (Å²) in [6, 6.07) is 15.2. The van der Waals surface area contributed by atoms with E-state index in [-0.39, 0.29) is 67.0 Å². The molecule has 3 aromatic carbocycles. The first kappa shape index (κ1) is 51.0. The van der Waals surface area contributed by atoms with Gasteiger partial charge in [0.25, 0.3) is 0 Å². The van der Waals surface area contributed by atoms with Crippen LogP contribution in [-0.2, 0) is 44.7 Å². The van der Waals surface area contributed by atoms with E-state index < -0.39 is 46.2 Å². The van der Waals surface area contributed by atoms with Crippen molar-refractivity contribution in [3.63, 3.8) is 0 Å². The molecule has 3 aliphatic heterocycles. The van der Waals surface area contributed by atoms with E-state index in [1.807, 2.05) is 61.2 Å². The monoisotopic (exact) mass is 976 g/mol. The molecule has 0 radical (unpaired) electrons. The number of methoxy groups -OCH3 is 1. The minimum atomic E-state index is -4.51. The molecule has 3 saturated heterocycles. The molecule has 4 aromatic rings. The van der Waals surface area contributed by atoms with Crippen molar-refractivity contribution in [3.05, 3.63) is 105 Å². The third-order valence-electron chi connectivity index (χ3n) is 15.2. The molecular formula is C53H65F5N6O6. The second-order valence-corrected chi connectivity index (χ2v) is 21.1. The van der Waals surface area contributed by atoms with Crippen LogP contribution in [0.3, 0.4) is 0 Å². The summed E-state index contributed by atoms with van der Waals surface area (Å²) >= 11 is 0. The third kappa shape index (κ3) is 10.8. The number of alkyl halides is 3. The fraction of sp³-hybridized carbons (Fsp3) is 0.547. The second-order valence-electron chi connectivity index (χ2n) is 21.1. The number of imidazole rings is 1. The van der Waals surface area contributed by atoms with Crippen LogP contribution in [0.2, 0.25) is 0 Å².